The largest absolute Gasteiger partial charge is 0.573 e. The second-order valence-corrected chi connectivity index (χ2v) is 5.11. The molecule has 1 N–H and O–H groups in total. The first-order valence-electron chi connectivity index (χ1n) is 7.41. The second-order valence-electron chi connectivity index (χ2n) is 5.11. The molecule has 2 aromatic heterocycles. The zero-order chi connectivity index (χ0) is 18.6. The van der Waals surface area contributed by atoms with E-state index in [0.717, 1.165) is 12.1 Å². The highest BCUT2D eigenvalue weighted by Crippen LogP contribution is 2.25. The number of furan rings is 1. The van der Waals surface area contributed by atoms with Crippen LogP contribution in [0.4, 0.5) is 18.9 Å². The molecule has 0 saturated carbocycles. The quantitative estimate of drug-likeness (QED) is 0.713. The summed E-state index contributed by atoms with van der Waals surface area (Å²) in [6, 6.07) is 8.34. The van der Waals surface area contributed by atoms with Crippen molar-refractivity contribution >= 4 is 11.6 Å². The van der Waals surface area contributed by atoms with Crippen molar-refractivity contribution in [3.05, 3.63) is 48.6 Å². The highest BCUT2D eigenvalue weighted by molar-refractivity contribution is 5.90. The van der Waals surface area contributed by atoms with Gasteiger partial charge in [-0.2, -0.15) is 4.98 Å². The van der Waals surface area contributed by atoms with Gasteiger partial charge in [0.25, 0.3) is 0 Å². The van der Waals surface area contributed by atoms with Gasteiger partial charge in [-0.3, -0.25) is 4.79 Å². The fourth-order valence-corrected chi connectivity index (χ4v) is 2.08. The van der Waals surface area contributed by atoms with Gasteiger partial charge in [0, 0.05) is 24.6 Å². The number of aryl methyl sites for hydroxylation is 1. The average molecular weight is 367 g/mol. The van der Waals surface area contributed by atoms with Gasteiger partial charge < -0.3 is 19.0 Å². The van der Waals surface area contributed by atoms with Gasteiger partial charge in [0.1, 0.15) is 5.75 Å². The number of hydrogen-bond acceptors (Lipinski definition) is 6. The molecule has 0 unspecified atom stereocenters. The molecule has 0 radical (unpaired) electrons. The minimum Gasteiger partial charge on any atom is -0.461 e. The van der Waals surface area contributed by atoms with E-state index in [1.807, 2.05) is 0 Å². The van der Waals surface area contributed by atoms with E-state index in [-0.39, 0.29) is 30.2 Å². The first kappa shape index (κ1) is 17.5. The number of aromatic nitrogens is 2. The van der Waals surface area contributed by atoms with E-state index in [1.54, 1.807) is 12.1 Å². The van der Waals surface area contributed by atoms with Crippen LogP contribution >= 0.6 is 0 Å². The van der Waals surface area contributed by atoms with Crippen molar-refractivity contribution in [2.24, 2.45) is 0 Å². The maximum absolute atomic E-state index is 12.2. The van der Waals surface area contributed by atoms with Crippen molar-refractivity contribution in [2.45, 2.75) is 19.2 Å². The number of alkyl halides is 3. The third kappa shape index (κ3) is 4.85. The molecule has 0 aliphatic carbocycles. The van der Waals surface area contributed by atoms with Crippen molar-refractivity contribution in [3.63, 3.8) is 0 Å². The Kier molecular flexibility index (Phi) is 4.92. The Balaban J connectivity index is 1.54. The maximum Gasteiger partial charge on any atom is 0.573 e. The van der Waals surface area contributed by atoms with Crippen LogP contribution in [0, 0.1) is 0 Å². The molecule has 0 bridgehead atoms. The predicted molar refractivity (Wildman–Crippen MR) is 82.1 cm³/mol. The van der Waals surface area contributed by atoms with Gasteiger partial charge in [0.15, 0.2) is 5.76 Å². The number of anilines is 1. The Morgan fingerprint density at radius 1 is 1.23 bits per heavy atom. The number of halogens is 3. The fourth-order valence-electron chi connectivity index (χ4n) is 2.08. The van der Waals surface area contributed by atoms with E-state index in [0.29, 0.717) is 5.76 Å². The summed E-state index contributed by atoms with van der Waals surface area (Å²) in [6.07, 6.45) is -3.16. The van der Waals surface area contributed by atoms with Crippen LogP contribution in [0.3, 0.4) is 0 Å². The summed E-state index contributed by atoms with van der Waals surface area (Å²) in [5, 5.41) is 6.21. The van der Waals surface area contributed by atoms with Gasteiger partial charge in [0.2, 0.25) is 17.6 Å². The summed E-state index contributed by atoms with van der Waals surface area (Å²) >= 11 is 0. The first-order valence-corrected chi connectivity index (χ1v) is 7.41. The highest BCUT2D eigenvalue weighted by atomic mass is 19.4. The van der Waals surface area contributed by atoms with Crippen molar-refractivity contribution in [1.29, 1.82) is 0 Å². The van der Waals surface area contributed by atoms with Crippen LogP contribution in [0.1, 0.15) is 12.3 Å². The van der Waals surface area contributed by atoms with Crippen LogP contribution < -0.4 is 10.1 Å². The predicted octanol–water partition coefficient (Wildman–Crippen LogP) is 3.80. The van der Waals surface area contributed by atoms with Crippen LogP contribution in [0.15, 0.2) is 51.6 Å². The third-order valence-corrected chi connectivity index (χ3v) is 3.13. The summed E-state index contributed by atoms with van der Waals surface area (Å²) in [6.45, 7) is 0. The van der Waals surface area contributed by atoms with Crippen molar-refractivity contribution in [2.75, 3.05) is 5.32 Å². The minimum absolute atomic E-state index is 0.00411. The van der Waals surface area contributed by atoms with Crippen LogP contribution in [-0.2, 0) is 11.2 Å². The Morgan fingerprint density at radius 2 is 2.08 bits per heavy atom. The molecule has 136 valence electrons. The molecule has 3 aromatic rings. The lowest BCUT2D eigenvalue weighted by atomic mass is 10.2. The number of nitrogens with zero attached hydrogens (tertiary/aromatic N) is 2. The molecule has 26 heavy (non-hydrogen) atoms. The Morgan fingerprint density at radius 3 is 2.81 bits per heavy atom. The lowest BCUT2D eigenvalue weighted by Crippen LogP contribution is -2.17. The molecule has 0 saturated heterocycles. The van der Waals surface area contributed by atoms with Crippen LogP contribution in [0.2, 0.25) is 0 Å². The van der Waals surface area contributed by atoms with Gasteiger partial charge in [-0.15, -0.1) is 13.2 Å². The molecule has 0 atom stereocenters. The highest BCUT2D eigenvalue weighted by Gasteiger charge is 2.31. The lowest BCUT2D eigenvalue weighted by molar-refractivity contribution is -0.274. The molecule has 0 aliphatic rings. The zero-order valence-corrected chi connectivity index (χ0v) is 13.1. The van der Waals surface area contributed by atoms with Gasteiger partial charge >= 0.3 is 6.36 Å². The smallest absolute Gasteiger partial charge is 0.461 e. The third-order valence-electron chi connectivity index (χ3n) is 3.13. The minimum atomic E-state index is -4.80. The van der Waals surface area contributed by atoms with E-state index in [9.17, 15) is 18.0 Å². The average Bonchev–Trinajstić information content (AvgIpc) is 3.23. The van der Waals surface area contributed by atoms with E-state index in [2.05, 4.69) is 20.2 Å². The monoisotopic (exact) mass is 367 g/mol. The Labute approximate surface area is 144 Å². The van der Waals surface area contributed by atoms with Crippen molar-refractivity contribution in [3.8, 4) is 17.3 Å². The van der Waals surface area contributed by atoms with Gasteiger partial charge in [0.05, 0.1) is 6.26 Å². The molecule has 0 aliphatic heterocycles. The number of benzene rings is 1. The lowest BCUT2D eigenvalue weighted by Gasteiger charge is -2.10. The molecule has 0 fully saturated rings. The normalized spacial score (nSPS) is 11.3. The van der Waals surface area contributed by atoms with Crippen molar-refractivity contribution in [1.82, 2.24) is 10.1 Å². The fraction of sp³-hybridized carbons (Fsp3) is 0.188. The standard InChI is InChI=1S/C16H12F3N3O4/c17-16(18,19)25-11-4-1-3-10(9-11)20-13(23)6-7-14-21-15(22-26-14)12-5-2-8-24-12/h1-5,8-9H,6-7H2,(H,20,23). The number of ether oxygens (including phenoxy) is 1. The summed E-state index contributed by atoms with van der Waals surface area (Å²) in [5.41, 5.74) is 0.179. The topological polar surface area (TPSA) is 90.4 Å². The molecule has 0 spiro atoms. The van der Waals surface area contributed by atoms with E-state index >= 15 is 0 Å². The number of nitrogens with one attached hydrogen (secondary N) is 1. The molecule has 10 heteroatoms. The summed E-state index contributed by atoms with van der Waals surface area (Å²) < 4.78 is 50.6. The number of carbonyl (C=O) groups is 1. The Bertz CT molecular complexity index is 875. The summed E-state index contributed by atoms with van der Waals surface area (Å²) in [7, 11) is 0. The van der Waals surface area contributed by atoms with Gasteiger partial charge in [-0.25, -0.2) is 0 Å². The molecule has 1 amide bonds. The number of rotatable bonds is 6. The van der Waals surface area contributed by atoms with Crippen LogP contribution in [0.5, 0.6) is 5.75 Å². The maximum atomic E-state index is 12.2. The SMILES string of the molecule is O=C(CCc1nc(-c2ccco2)no1)Nc1cccc(OC(F)(F)F)c1. The number of amides is 1. The number of carbonyl (C=O) groups excluding carboxylic acids is 1. The van der Waals surface area contributed by atoms with Gasteiger partial charge in [-0.1, -0.05) is 11.2 Å². The van der Waals surface area contributed by atoms with Crippen LogP contribution in [-0.4, -0.2) is 22.4 Å². The Hall–Kier alpha value is -3.30. The first-order chi connectivity index (χ1) is 12.4. The summed E-state index contributed by atoms with van der Waals surface area (Å²) in [5.74, 6) is 0.0937. The van der Waals surface area contributed by atoms with E-state index < -0.39 is 18.0 Å². The second kappa shape index (κ2) is 7.30. The van der Waals surface area contributed by atoms with Gasteiger partial charge in [-0.05, 0) is 24.3 Å². The summed E-state index contributed by atoms with van der Waals surface area (Å²) in [4.78, 5) is 16.0. The molecule has 3 rings (SSSR count). The molecule has 7 nitrogen and oxygen atoms in total. The number of hydrogen-bond donors (Lipinski definition) is 1. The van der Waals surface area contributed by atoms with Crippen molar-refractivity contribution < 1.29 is 31.6 Å². The molecule has 2 heterocycles. The van der Waals surface area contributed by atoms with Crippen LogP contribution in [0.25, 0.3) is 11.6 Å². The molecular formula is C16H12F3N3O4. The molecular weight excluding hydrogens is 355 g/mol. The zero-order valence-electron chi connectivity index (χ0n) is 13.1. The van der Waals surface area contributed by atoms with E-state index in [4.69, 9.17) is 8.94 Å². The van der Waals surface area contributed by atoms with E-state index in [1.165, 1.54) is 18.4 Å². The molecule has 1 aromatic carbocycles.